The predicted molar refractivity (Wildman–Crippen MR) is 128 cm³/mol. The molecule has 3 aromatic rings. The van der Waals surface area contributed by atoms with Crippen molar-refractivity contribution in [3.8, 4) is 11.5 Å². The van der Waals surface area contributed by atoms with Gasteiger partial charge in [0.25, 0.3) is 5.91 Å². The molecule has 0 aliphatic heterocycles. The fourth-order valence-electron chi connectivity index (χ4n) is 2.56. The summed E-state index contributed by atoms with van der Waals surface area (Å²) < 4.78 is 13.9. The first-order valence-corrected chi connectivity index (χ1v) is 11.2. The van der Waals surface area contributed by atoms with Crippen LogP contribution in [0.15, 0.2) is 79.2 Å². The molecule has 1 amide bonds. The van der Waals surface area contributed by atoms with E-state index in [-0.39, 0.29) is 5.91 Å². The average Bonchev–Trinajstić information content (AvgIpc) is 2.74. The quantitative estimate of drug-likeness (QED) is 0.256. The van der Waals surface area contributed by atoms with Crippen LogP contribution in [0.25, 0.3) is 0 Å². The van der Waals surface area contributed by atoms with Crippen molar-refractivity contribution in [1.82, 2.24) is 5.43 Å². The topological polar surface area (TPSA) is 59.9 Å². The number of hydrogen-bond acceptors (Lipinski definition) is 4. The van der Waals surface area contributed by atoms with Gasteiger partial charge in [-0.25, -0.2) is 5.43 Å². The van der Waals surface area contributed by atoms with E-state index in [2.05, 4.69) is 58.3 Å². The lowest BCUT2D eigenvalue weighted by Gasteiger charge is -2.13. The third-order valence-corrected chi connectivity index (χ3v) is 5.86. The zero-order chi connectivity index (χ0) is 21.5. The highest BCUT2D eigenvalue weighted by Crippen LogP contribution is 2.37. The second kappa shape index (κ2) is 10.7. The van der Waals surface area contributed by atoms with Crippen molar-refractivity contribution < 1.29 is 14.3 Å². The van der Waals surface area contributed by atoms with Crippen molar-refractivity contribution in [2.75, 3.05) is 7.11 Å². The van der Waals surface area contributed by atoms with Crippen LogP contribution in [0.3, 0.4) is 0 Å². The van der Waals surface area contributed by atoms with E-state index in [1.165, 1.54) is 0 Å². The number of carbonyl (C=O) groups is 1. The maximum Gasteiger partial charge on any atom is 0.272 e. The summed E-state index contributed by atoms with van der Waals surface area (Å²) in [4.78, 5) is 12.2. The van der Waals surface area contributed by atoms with Crippen LogP contribution in [0.4, 0.5) is 0 Å². The minimum atomic E-state index is -0.306. The van der Waals surface area contributed by atoms with Crippen molar-refractivity contribution in [3.63, 3.8) is 0 Å². The Labute approximate surface area is 199 Å². The first kappa shape index (κ1) is 22.5. The van der Waals surface area contributed by atoms with Gasteiger partial charge in [-0.15, -0.1) is 0 Å². The summed E-state index contributed by atoms with van der Waals surface area (Å²) in [5, 5.41) is 4.04. The molecule has 3 aromatic carbocycles. The number of ether oxygens (including phenoxy) is 2. The van der Waals surface area contributed by atoms with Crippen molar-refractivity contribution in [2.45, 2.75) is 6.61 Å². The molecule has 0 aliphatic carbocycles. The highest BCUT2D eigenvalue weighted by atomic mass is 79.9. The van der Waals surface area contributed by atoms with Gasteiger partial charge in [0.1, 0.15) is 6.61 Å². The van der Waals surface area contributed by atoms with E-state index in [0.717, 1.165) is 20.1 Å². The summed E-state index contributed by atoms with van der Waals surface area (Å²) in [7, 11) is 1.57. The van der Waals surface area contributed by atoms with Crippen LogP contribution in [0.5, 0.6) is 11.5 Å². The number of methoxy groups -OCH3 is 1. The van der Waals surface area contributed by atoms with Gasteiger partial charge in [0.15, 0.2) is 11.5 Å². The van der Waals surface area contributed by atoms with Crippen LogP contribution >= 0.6 is 47.8 Å². The predicted octanol–water partition coefficient (Wildman–Crippen LogP) is 6.33. The molecule has 8 heteroatoms. The normalized spacial score (nSPS) is 10.8. The van der Waals surface area contributed by atoms with E-state index in [0.29, 0.717) is 28.1 Å². The third-order valence-electron chi connectivity index (χ3n) is 4.05. The van der Waals surface area contributed by atoms with Gasteiger partial charge in [-0.3, -0.25) is 4.79 Å². The van der Waals surface area contributed by atoms with Crippen LogP contribution in [-0.2, 0) is 6.61 Å². The molecule has 5 nitrogen and oxygen atoms in total. The van der Waals surface area contributed by atoms with Gasteiger partial charge < -0.3 is 9.47 Å². The highest BCUT2D eigenvalue weighted by Gasteiger charge is 2.12. The summed E-state index contributed by atoms with van der Waals surface area (Å²) in [5.41, 5.74) is 4.80. The Hall–Kier alpha value is -2.16. The van der Waals surface area contributed by atoms with Crippen molar-refractivity contribution >= 4 is 59.9 Å². The SMILES string of the molecule is COc1cc(/C=N/NC(=O)c2ccccc2Br)cc(Br)c1OCc1ccc(Br)cc1. The number of nitrogens with one attached hydrogen (secondary N) is 1. The Morgan fingerprint density at radius 3 is 2.47 bits per heavy atom. The summed E-state index contributed by atoms with van der Waals surface area (Å²) in [6.45, 7) is 0.400. The molecule has 0 atom stereocenters. The molecule has 0 aliphatic rings. The van der Waals surface area contributed by atoms with Crippen molar-refractivity contribution in [2.24, 2.45) is 5.10 Å². The van der Waals surface area contributed by atoms with E-state index in [1.807, 2.05) is 36.4 Å². The number of halogens is 3. The van der Waals surface area contributed by atoms with Gasteiger partial charge in [0, 0.05) is 8.95 Å². The van der Waals surface area contributed by atoms with E-state index in [4.69, 9.17) is 9.47 Å². The fraction of sp³-hybridized carbons (Fsp3) is 0.0909. The second-order valence-corrected chi connectivity index (χ2v) is 8.75. The lowest BCUT2D eigenvalue weighted by Crippen LogP contribution is -2.18. The number of amides is 1. The minimum absolute atomic E-state index is 0.306. The number of hydrogen-bond donors (Lipinski definition) is 1. The number of rotatable bonds is 7. The van der Waals surface area contributed by atoms with Crippen LogP contribution in [-0.4, -0.2) is 19.2 Å². The maximum atomic E-state index is 12.2. The largest absolute Gasteiger partial charge is 0.493 e. The van der Waals surface area contributed by atoms with E-state index in [9.17, 15) is 4.79 Å². The number of hydrazone groups is 1. The number of benzene rings is 3. The minimum Gasteiger partial charge on any atom is -0.493 e. The molecule has 0 spiro atoms. The molecule has 0 saturated heterocycles. The van der Waals surface area contributed by atoms with E-state index < -0.39 is 0 Å². The molecule has 0 radical (unpaired) electrons. The molecule has 0 fully saturated rings. The second-order valence-electron chi connectivity index (χ2n) is 6.13. The third kappa shape index (κ3) is 5.93. The monoisotopic (exact) mass is 594 g/mol. The Morgan fingerprint density at radius 1 is 1.03 bits per heavy atom. The Bertz CT molecular complexity index is 1070. The van der Waals surface area contributed by atoms with Gasteiger partial charge in [-0.2, -0.15) is 5.10 Å². The molecule has 154 valence electrons. The molecule has 1 N–H and O–H groups in total. The molecule has 0 saturated carbocycles. The first-order valence-electron chi connectivity index (χ1n) is 8.80. The summed E-state index contributed by atoms with van der Waals surface area (Å²) in [5.74, 6) is 0.842. The molecule has 0 unspecified atom stereocenters. The summed E-state index contributed by atoms with van der Waals surface area (Å²) in [6, 6.07) is 18.7. The average molecular weight is 597 g/mol. The first-order chi connectivity index (χ1) is 14.5. The zero-order valence-electron chi connectivity index (χ0n) is 15.9. The van der Waals surface area contributed by atoms with Gasteiger partial charge in [-0.05, 0) is 79.4 Å². The molecule has 0 aromatic heterocycles. The zero-order valence-corrected chi connectivity index (χ0v) is 20.6. The van der Waals surface area contributed by atoms with Gasteiger partial charge in [0.2, 0.25) is 0 Å². The molecule has 3 rings (SSSR count). The Morgan fingerprint density at radius 2 is 1.77 bits per heavy atom. The summed E-state index contributed by atoms with van der Waals surface area (Å²) >= 11 is 10.3. The molecule has 0 bridgehead atoms. The van der Waals surface area contributed by atoms with Gasteiger partial charge in [0.05, 0.1) is 23.4 Å². The Kier molecular flexibility index (Phi) is 8.07. The maximum absolute atomic E-state index is 12.2. The Balaban J connectivity index is 1.70. The number of nitrogens with zero attached hydrogens (tertiary/aromatic N) is 1. The van der Waals surface area contributed by atoms with Crippen molar-refractivity contribution in [1.29, 1.82) is 0 Å². The molecular weight excluding hydrogens is 580 g/mol. The van der Waals surface area contributed by atoms with Gasteiger partial charge >= 0.3 is 0 Å². The van der Waals surface area contributed by atoms with E-state index in [1.54, 1.807) is 37.6 Å². The molecule has 0 heterocycles. The standard InChI is InChI=1S/C22H17Br3N2O3/c1-29-20-11-15(12-26-27-22(28)17-4-2-3-5-18(17)24)10-19(25)21(20)30-13-14-6-8-16(23)9-7-14/h2-12H,13H2,1H3,(H,27,28)/b26-12+. The van der Waals surface area contributed by atoms with Crippen LogP contribution in [0.2, 0.25) is 0 Å². The van der Waals surface area contributed by atoms with Crippen LogP contribution in [0.1, 0.15) is 21.5 Å². The smallest absolute Gasteiger partial charge is 0.272 e. The van der Waals surface area contributed by atoms with Crippen LogP contribution in [0, 0.1) is 0 Å². The molecule has 30 heavy (non-hydrogen) atoms. The lowest BCUT2D eigenvalue weighted by atomic mass is 10.2. The summed E-state index contributed by atoms with van der Waals surface area (Å²) in [6.07, 6.45) is 1.54. The fourth-order valence-corrected chi connectivity index (χ4v) is 3.86. The van der Waals surface area contributed by atoms with Crippen LogP contribution < -0.4 is 14.9 Å². The van der Waals surface area contributed by atoms with E-state index >= 15 is 0 Å². The van der Waals surface area contributed by atoms with Gasteiger partial charge in [-0.1, -0.05) is 40.2 Å². The number of carbonyl (C=O) groups excluding carboxylic acids is 1. The molecular formula is C22H17Br3N2O3. The lowest BCUT2D eigenvalue weighted by molar-refractivity contribution is 0.0954. The van der Waals surface area contributed by atoms with Crippen molar-refractivity contribution in [3.05, 3.63) is 90.8 Å². The highest BCUT2D eigenvalue weighted by molar-refractivity contribution is 9.11.